The number of hydrogen-bond acceptors (Lipinski definition) is 3. The molecule has 0 unspecified atom stereocenters. The smallest absolute Gasteiger partial charge is 0.139 e. The number of benzene rings is 1. The van der Waals surface area contributed by atoms with Crippen molar-refractivity contribution in [1.29, 1.82) is 0 Å². The Morgan fingerprint density at radius 2 is 2.00 bits per heavy atom. The van der Waals surface area contributed by atoms with Gasteiger partial charge in [0, 0.05) is 19.2 Å². The minimum Gasteiger partial charge on any atom is -0.397 e. The Kier molecular flexibility index (Phi) is 3.11. The van der Waals surface area contributed by atoms with Gasteiger partial charge in [-0.1, -0.05) is 0 Å². The number of morpholine rings is 1. The van der Waals surface area contributed by atoms with E-state index in [0.717, 1.165) is 18.8 Å². The molecule has 3 nitrogen and oxygen atoms in total. The van der Waals surface area contributed by atoms with Crippen molar-refractivity contribution in [2.75, 3.05) is 36.9 Å². The summed E-state index contributed by atoms with van der Waals surface area (Å²) in [6, 6.07) is 3.06. The van der Waals surface area contributed by atoms with Gasteiger partial charge in [-0.2, -0.15) is 0 Å². The Balaban J connectivity index is 2.30. The molecule has 5 heteroatoms. The maximum Gasteiger partial charge on any atom is 0.139 e. The standard InChI is InChI=1S/C10H12BrFN2O/c11-7-5-9(13)10(6-8(7)12)14-1-3-15-4-2-14/h5-6H,1-4,13H2. The van der Waals surface area contributed by atoms with Crippen LogP contribution in [-0.2, 0) is 4.74 Å². The highest BCUT2D eigenvalue weighted by Crippen LogP contribution is 2.29. The highest BCUT2D eigenvalue weighted by molar-refractivity contribution is 9.10. The summed E-state index contributed by atoms with van der Waals surface area (Å²) < 4.78 is 19.0. The molecule has 0 saturated carbocycles. The van der Waals surface area contributed by atoms with E-state index in [1.54, 1.807) is 6.07 Å². The molecule has 0 radical (unpaired) electrons. The van der Waals surface area contributed by atoms with Crippen molar-refractivity contribution in [3.05, 3.63) is 22.4 Å². The highest BCUT2D eigenvalue weighted by atomic mass is 79.9. The molecule has 0 atom stereocenters. The molecule has 0 spiro atoms. The molecule has 1 fully saturated rings. The molecule has 1 aliphatic heterocycles. The zero-order chi connectivity index (χ0) is 10.8. The molecule has 1 aliphatic rings. The van der Waals surface area contributed by atoms with Crippen molar-refractivity contribution < 1.29 is 9.13 Å². The predicted molar refractivity (Wildman–Crippen MR) is 61.5 cm³/mol. The first-order valence-electron chi connectivity index (χ1n) is 4.75. The molecule has 1 saturated heterocycles. The summed E-state index contributed by atoms with van der Waals surface area (Å²) in [5, 5.41) is 0. The number of ether oxygens (including phenoxy) is 1. The second-order valence-corrected chi connectivity index (χ2v) is 4.28. The fraction of sp³-hybridized carbons (Fsp3) is 0.400. The van der Waals surface area contributed by atoms with Crippen LogP contribution in [0.5, 0.6) is 0 Å². The molecule has 0 aliphatic carbocycles. The zero-order valence-corrected chi connectivity index (χ0v) is 9.76. The Morgan fingerprint density at radius 1 is 1.33 bits per heavy atom. The van der Waals surface area contributed by atoms with Gasteiger partial charge in [-0.15, -0.1) is 0 Å². The number of anilines is 2. The molecular formula is C10H12BrFN2O. The molecule has 1 heterocycles. The third-order valence-corrected chi connectivity index (χ3v) is 3.03. The van der Waals surface area contributed by atoms with Crippen LogP contribution in [0.3, 0.4) is 0 Å². The summed E-state index contributed by atoms with van der Waals surface area (Å²) in [6.45, 7) is 2.84. The first-order valence-corrected chi connectivity index (χ1v) is 5.55. The maximum atomic E-state index is 13.4. The molecule has 15 heavy (non-hydrogen) atoms. The van der Waals surface area contributed by atoms with E-state index in [4.69, 9.17) is 10.5 Å². The van der Waals surface area contributed by atoms with E-state index < -0.39 is 0 Å². The van der Waals surface area contributed by atoms with E-state index in [1.807, 2.05) is 4.90 Å². The fourth-order valence-electron chi connectivity index (χ4n) is 1.63. The van der Waals surface area contributed by atoms with Crippen LogP contribution in [0.15, 0.2) is 16.6 Å². The highest BCUT2D eigenvalue weighted by Gasteiger charge is 2.15. The number of nitrogens with zero attached hydrogens (tertiary/aromatic N) is 1. The van der Waals surface area contributed by atoms with E-state index in [-0.39, 0.29) is 5.82 Å². The third kappa shape index (κ3) is 2.23. The Labute approximate surface area is 96.1 Å². The lowest BCUT2D eigenvalue weighted by molar-refractivity contribution is 0.122. The van der Waals surface area contributed by atoms with Crippen LogP contribution in [0.1, 0.15) is 0 Å². The van der Waals surface area contributed by atoms with Gasteiger partial charge in [0.2, 0.25) is 0 Å². The van der Waals surface area contributed by atoms with Gasteiger partial charge in [-0.3, -0.25) is 0 Å². The largest absolute Gasteiger partial charge is 0.397 e. The summed E-state index contributed by atoms with van der Waals surface area (Å²) in [6.07, 6.45) is 0. The Bertz CT molecular complexity index is 367. The summed E-state index contributed by atoms with van der Waals surface area (Å²) in [5.41, 5.74) is 7.18. The lowest BCUT2D eigenvalue weighted by Gasteiger charge is -2.29. The lowest BCUT2D eigenvalue weighted by atomic mass is 10.2. The van der Waals surface area contributed by atoms with E-state index in [1.165, 1.54) is 6.07 Å². The van der Waals surface area contributed by atoms with Crippen LogP contribution in [0.25, 0.3) is 0 Å². The van der Waals surface area contributed by atoms with Gasteiger partial charge in [0.15, 0.2) is 0 Å². The molecule has 0 amide bonds. The van der Waals surface area contributed by atoms with Gasteiger partial charge in [-0.25, -0.2) is 4.39 Å². The van der Waals surface area contributed by atoms with Gasteiger partial charge < -0.3 is 15.4 Å². The molecule has 0 bridgehead atoms. The van der Waals surface area contributed by atoms with Crippen molar-refractivity contribution in [2.24, 2.45) is 0 Å². The number of nitrogen functional groups attached to an aromatic ring is 1. The van der Waals surface area contributed by atoms with Crippen molar-refractivity contribution >= 4 is 27.3 Å². The van der Waals surface area contributed by atoms with Gasteiger partial charge in [0.1, 0.15) is 5.82 Å². The fourth-order valence-corrected chi connectivity index (χ4v) is 1.99. The van der Waals surface area contributed by atoms with Gasteiger partial charge in [-0.05, 0) is 22.0 Å². The minimum atomic E-state index is -0.286. The molecule has 2 rings (SSSR count). The van der Waals surface area contributed by atoms with Crippen LogP contribution >= 0.6 is 15.9 Å². The first-order chi connectivity index (χ1) is 7.18. The predicted octanol–water partition coefficient (Wildman–Crippen LogP) is 2.01. The van der Waals surface area contributed by atoms with Crippen LogP contribution in [0.2, 0.25) is 0 Å². The topological polar surface area (TPSA) is 38.5 Å². The van der Waals surface area contributed by atoms with Gasteiger partial charge in [0.05, 0.1) is 29.1 Å². The van der Waals surface area contributed by atoms with Crippen LogP contribution in [-0.4, -0.2) is 26.3 Å². The second-order valence-electron chi connectivity index (χ2n) is 3.42. The number of hydrogen-bond donors (Lipinski definition) is 1. The van der Waals surface area contributed by atoms with Gasteiger partial charge >= 0.3 is 0 Å². The monoisotopic (exact) mass is 274 g/mol. The SMILES string of the molecule is Nc1cc(Br)c(F)cc1N1CCOCC1. The first kappa shape index (κ1) is 10.7. The zero-order valence-electron chi connectivity index (χ0n) is 8.17. The van der Waals surface area contributed by atoms with Gasteiger partial charge in [0.25, 0.3) is 0 Å². The van der Waals surface area contributed by atoms with Crippen molar-refractivity contribution in [3.8, 4) is 0 Å². The third-order valence-electron chi connectivity index (χ3n) is 2.42. The summed E-state index contributed by atoms with van der Waals surface area (Å²) in [7, 11) is 0. The molecule has 0 aromatic heterocycles. The normalized spacial score (nSPS) is 16.8. The van der Waals surface area contributed by atoms with E-state index in [9.17, 15) is 4.39 Å². The number of nitrogens with two attached hydrogens (primary N) is 1. The van der Waals surface area contributed by atoms with E-state index in [0.29, 0.717) is 23.4 Å². The van der Waals surface area contributed by atoms with Crippen molar-refractivity contribution in [2.45, 2.75) is 0 Å². The molecule has 1 aromatic rings. The average Bonchev–Trinajstić information content (AvgIpc) is 2.25. The Morgan fingerprint density at radius 3 is 2.67 bits per heavy atom. The quantitative estimate of drug-likeness (QED) is 0.797. The Hall–Kier alpha value is -0.810. The maximum absolute atomic E-state index is 13.4. The minimum absolute atomic E-state index is 0.286. The number of rotatable bonds is 1. The van der Waals surface area contributed by atoms with Crippen LogP contribution in [0.4, 0.5) is 15.8 Å². The molecular weight excluding hydrogens is 263 g/mol. The molecule has 2 N–H and O–H groups in total. The second kappa shape index (κ2) is 4.37. The van der Waals surface area contributed by atoms with Crippen LogP contribution < -0.4 is 10.6 Å². The van der Waals surface area contributed by atoms with Crippen molar-refractivity contribution in [1.82, 2.24) is 0 Å². The molecule has 1 aromatic carbocycles. The summed E-state index contributed by atoms with van der Waals surface area (Å²) >= 11 is 3.11. The molecule has 82 valence electrons. The lowest BCUT2D eigenvalue weighted by Crippen LogP contribution is -2.36. The van der Waals surface area contributed by atoms with Crippen molar-refractivity contribution in [3.63, 3.8) is 0 Å². The summed E-state index contributed by atoms with van der Waals surface area (Å²) in [4.78, 5) is 2.04. The van der Waals surface area contributed by atoms with E-state index in [2.05, 4.69) is 15.9 Å². The number of halogens is 2. The van der Waals surface area contributed by atoms with E-state index >= 15 is 0 Å². The van der Waals surface area contributed by atoms with Crippen LogP contribution in [0, 0.1) is 5.82 Å². The average molecular weight is 275 g/mol. The summed E-state index contributed by atoms with van der Waals surface area (Å²) in [5.74, 6) is -0.286.